The molecule has 1 aliphatic rings. The molecule has 0 bridgehead atoms. The second-order valence-corrected chi connectivity index (χ2v) is 9.12. The molecule has 1 saturated heterocycles. The van der Waals surface area contributed by atoms with Crippen molar-refractivity contribution in [2.24, 2.45) is 0 Å². The first-order valence-electron chi connectivity index (χ1n) is 12.4. The van der Waals surface area contributed by atoms with Crippen molar-refractivity contribution in [1.29, 1.82) is 0 Å². The Morgan fingerprint density at radius 2 is 1.43 bits per heavy atom. The Labute approximate surface area is 207 Å². The van der Waals surface area contributed by atoms with Crippen LogP contribution in [0.25, 0.3) is 5.57 Å². The van der Waals surface area contributed by atoms with E-state index in [1.165, 1.54) is 37.1 Å². The van der Waals surface area contributed by atoms with Gasteiger partial charge in [-0.3, -0.25) is 4.90 Å². The molecule has 0 N–H and O–H groups in total. The molecule has 1 atom stereocenters. The van der Waals surface area contributed by atoms with Gasteiger partial charge in [-0.2, -0.15) is 0 Å². The molecule has 0 radical (unpaired) electrons. The van der Waals surface area contributed by atoms with Crippen LogP contribution in [0.3, 0.4) is 0 Å². The summed E-state index contributed by atoms with van der Waals surface area (Å²) in [5.74, 6) is 0.326. The van der Waals surface area contributed by atoms with Crippen LogP contribution in [0.1, 0.15) is 42.5 Å². The Bertz CT molecular complexity index is 1090. The third kappa shape index (κ3) is 6.77. The number of hydrogen-bond acceptors (Lipinski definition) is 3. The van der Waals surface area contributed by atoms with Crippen molar-refractivity contribution < 1.29 is 13.5 Å². The van der Waals surface area contributed by atoms with Gasteiger partial charge in [0, 0.05) is 25.7 Å². The van der Waals surface area contributed by atoms with Crippen molar-refractivity contribution in [3.05, 3.63) is 107 Å². The highest BCUT2D eigenvalue weighted by Gasteiger charge is 2.19. The second kappa shape index (κ2) is 12.1. The molecule has 0 amide bonds. The lowest BCUT2D eigenvalue weighted by Crippen LogP contribution is -2.35. The van der Waals surface area contributed by atoms with Gasteiger partial charge in [-0.15, -0.1) is 0 Å². The zero-order chi connectivity index (χ0) is 24.6. The number of ether oxygens (including phenoxy) is 1. The van der Waals surface area contributed by atoms with E-state index >= 15 is 0 Å². The van der Waals surface area contributed by atoms with E-state index in [1.807, 2.05) is 48.5 Å². The van der Waals surface area contributed by atoms with Crippen molar-refractivity contribution in [1.82, 2.24) is 9.80 Å². The standard InChI is InChI=1S/C30H34F2N2O/c1-23(24-5-11-27(31)12-6-24)34(22-21-33-18-3-4-19-33)20-17-30(25-7-13-28(32)14-8-25)26-9-15-29(35-2)16-10-26/h5-17,23H,3-4,18-22H2,1-2H3/b30-17-/t23-/m1/s1. The van der Waals surface area contributed by atoms with E-state index in [1.54, 1.807) is 7.11 Å². The molecule has 0 aromatic heterocycles. The average molecular weight is 477 g/mol. The predicted octanol–water partition coefficient (Wildman–Crippen LogP) is 6.56. The minimum absolute atomic E-state index is 0.125. The Balaban J connectivity index is 1.62. The fraction of sp³-hybridized carbons (Fsp3) is 0.333. The lowest BCUT2D eigenvalue weighted by atomic mass is 9.97. The molecule has 1 fully saturated rings. The largest absolute Gasteiger partial charge is 0.497 e. The lowest BCUT2D eigenvalue weighted by molar-refractivity contribution is 0.197. The highest BCUT2D eigenvalue weighted by atomic mass is 19.1. The van der Waals surface area contributed by atoms with Gasteiger partial charge in [0.25, 0.3) is 0 Å². The SMILES string of the molecule is COc1ccc(/C(=C\CN(CCN2CCCC2)[C@H](C)c2ccc(F)cc2)c2ccc(F)cc2)cc1. The maximum Gasteiger partial charge on any atom is 0.123 e. The third-order valence-corrected chi connectivity index (χ3v) is 6.89. The minimum atomic E-state index is -0.250. The number of benzene rings is 3. The van der Waals surface area contributed by atoms with Crippen molar-refractivity contribution in [3.8, 4) is 5.75 Å². The van der Waals surface area contributed by atoms with Crippen molar-refractivity contribution in [2.45, 2.75) is 25.8 Å². The van der Waals surface area contributed by atoms with Crippen LogP contribution in [0, 0.1) is 11.6 Å². The van der Waals surface area contributed by atoms with Crippen LogP contribution < -0.4 is 4.74 Å². The van der Waals surface area contributed by atoms with Crippen LogP contribution in [0.5, 0.6) is 5.75 Å². The molecule has 184 valence electrons. The molecule has 0 saturated carbocycles. The molecular formula is C30H34F2N2O. The van der Waals surface area contributed by atoms with Gasteiger partial charge in [-0.1, -0.05) is 42.5 Å². The first-order chi connectivity index (χ1) is 17.0. The summed E-state index contributed by atoms with van der Waals surface area (Å²) >= 11 is 0. The number of methoxy groups -OCH3 is 1. The molecular weight excluding hydrogens is 442 g/mol. The molecule has 5 heteroatoms. The minimum Gasteiger partial charge on any atom is -0.497 e. The molecule has 1 aliphatic heterocycles. The molecule has 0 spiro atoms. The Morgan fingerprint density at radius 3 is 2.00 bits per heavy atom. The van der Waals surface area contributed by atoms with Crippen LogP contribution in [-0.4, -0.2) is 49.6 Å². The number of likely N-dealkylation sites (tertiary alicyclic amines) is 1. The van der Waals surface area contributed by atoms with E-state index < -0.39 is 0 Å². The number of nitrogens with zero attached hydrogens (tertiary/aromatic N) is 2. The summed E-state index contributed by atoms with van der Waals surface area (Å²) in [6, 6.07) is 21.5. The number of halogens is 2. The zero-order valence-corrected chi connectivity index (χ0v) is 20.6. The van der Waals surface area contributed by atoms with Crippen LogP contribution in [-0.2, 0) is 0 Å². The maximum atomic E-state index is 13.7. The van der Waals surface area contributed by atoms with Crippen LogP contribution in [0.4, 0.5) is 8.78 Å². The third-order valence-electron chi connectivity index (χ3n) is 6.89. The smallest absolute Gasteiger partial charge is 0.123 e. The van der Waals surface area contributed by atoms with E-state index in [4.69, 9.17) is 4.74 Å². The Kier molecular flexibility index (Phi) is 8.67. The predicted molar refractivity (Wildman–Crippen MR) is 139 cm³/mol. The first-order valence-corrected chi connectivity index (χ1v) is 12.4. The molecule has 3 nitrogen and oxygen atoms in total. The van der Waals surface area contributed by atoms with Gasteiger partial charge in [0.15, 0.2) is 0 Å². The summed E-state index contributed by atoms with van der Waals surface area (Å²) in [7, 11) is 1.65. The molecule has 1 heterocycles. The molecule has 0 aliphatic carbocycles. The Hall–Kier alpha value is -3.02. The average Bonchev–Trinajstić information content (AvgIpc) is 3.41. The lowest BCUT2D eigenvalue weighted by Gasteiger charge is -2.30. The Morgan fingerprint density at radius 1 is 0.886 bits per heavy atom. The highest BCUT2D eigenvalue weighted by Crippen LogP contribution is 2.27. The second-order valence-electron chi connectivity index (χ2n) is 9.12. The van der Waals surface area contributed by atoms with Crippen molar-refractivity contribution in [2.75, 3.05) is 39.8 Å². The van der Waals surface area contributed by atoms with Gasteiger partial charge >= 0.3 is 0 Å². The zero-order valence-electron chi connectivity index (χ0n) is 20.6. The van der Waals surface area contributed by atoms with E-state index in [0.29, 0.717) is 6.54 Å². The quantitative estimate of drug-likeness (QED) is 0.329. The maximum absolute atomic E-state index is 13.7. The van der Waals surface area contributed by atoms with E-state index in [9.17, 15) is 8.78 Å². The van der Waals surface area contributed by atoms with Crippen LogP contribution in [0.15, 0.2) is 78.9 Å². The van der Waals surface area contributed by atoms with E-state index in [2.05, 4.69) is 22.8 Å². The van der Waals surface area contributed by atoms with Gasteiger partial charge < -0.3 is 9.64 Å². The van der Waals surface area contributed by atoms with Crippen LogP contribution in [0.2, 0.25) is 0 Å². The molecule has 0 unspecified atom stereocenters. The van der Waals surface area contributed by atoms with E-state index in [-0.39, 0.29) is 17.7 Å². The van der Waals surface area contributed by atoms with Gasteiger partial charge in [0.1, 0.15) is 17.4 Å². The molecule has 4 rings (SSSR count). The van der Waals surface area contributed by atoms with Gasteiger partial charge in [0.05, 0.1) is 7.11 Å². The number of hydrogen-bond donors (Lipinski definition) is 0. The van der Waals surface area contributed by atoms with Crippen molar-refractivity contribution in [3.63, 3.8) is 0 Å². The van der Waals surface area contributed by atoms with Gasteiger partial charge in [-0.05, 0) is 91.5 Å². The fourth-order valence-corrected chi connectivity index (χ4v) is 4.68. The first kappa shape index (κ1) is 25.1. The summed E-state index contributed by atoms with van der Waals surface area (Å²) < 4.78 is 32.5. The molecule has 3 aromatic rings. The van der Waals surface area contributed by atoms with Gasteiger partial charge in [0.2, 0.25) is 0 Å². The summed E-state index contributed by atoms with van der Waals surface area (Å²) in [4.78, 5) is 4.94. The van der Waals surface area contributed by atoms with Gasteiger partial charge in [-0.25, -0.2) is 8.78 Å². The van der Waals surface area contributed by atoms with E-state index in [0.717, 1.165) is 54.2 Å². The summed E-state index contributed by atoms with van der Waals surface area (Å²) in [5.41, 5.74) is 4.15. The number of rotatable bonds is 10. The normalized spacial score (nSPS) is 15.5. The van der Waals surface area contributed by atoms with Crippen molar-refractivity contribution >= 4 is 5.57 Å². The van der Waals surface area contributed by atoms with Crippen LogP contribution >= 0.6 is 0 Å². The topological polar surface area (TPSA) is 15.7 Å². The fourth-order valence-electron chi connectivity index (χ4n) is 4.68. The molecule has 35 heavy (non-hydrogen) atoms. The molecule has 3 aromatic carbocycles. The monoisotopic (exact) mass is 476 g/mol. The summed E-state index contributed by atoms with van der Waals surface area (Å²) in [6.45, 7) is 7.12. The highest BCUT2D eigenvalue weighted by molar-refractivity contribution is 5.80. The summed E-state index contributed by atoms with van der Waals surface area (Å²) in [6.07, 6.45) is 4.75. The summed E-state index contributed by atoms with van der Waals surface area (Å²) in [5, 5.41) is 0.